The molecule has 0 saturated carbocycles. The van der Waals surface area contributed by atoms with Gasteiger partial charge in [0.25, 0.3) is 0 Å². The molecule has 0 aliphatic rings. The van der Waals surface area contributed by atoms with E-state index in [9.17, 15) is 14.4 Å². The molecule has 0 heterocycles. The van der Waals surface area contributed by atoms with Gasteiger partial charge in [-0.05, 0) is 35.4 Å². The molecule has 2 aromatic carbocycles. The summed E-state index contributed by atoms with van der Waals surface area (Å²) in [5.74, 6) is -1.00. The SMILES string of the molecule is C=CC(=O)Nc1ccccc1CC(=O)NCc1ccc(C(N)=O)cc1. The Balaban J connectivity index is 1.95. The maximum absolute atomic E-state index is 12.2. The molecular weight excluding hydrogens is 318 g/mol. The number of carbonyl (C=O) groups excluding carboxylic acids is 3. The van der Waals surface area contributed by atoms with Crippen molar-refractivity contribution in [2.24, 2.45) is 5.73 Å². The minimum absolute atomic E-state index is 0.132. The Hall–Kier alpha value is -3.41. The van der Waals surface area contributed by atoms with E-state index in [1.807, 2.05) is 0 Å². The third-order valence-corrected chi connectivity index (χ3v) is 3.54. The van der Waals surface area contributed by atoms with Crippen LogP contribution in [0, 0.1) is 0 Å². The molecular formula is C19H19N3O3. The van der Waals surface area contributed by atoms with Gasteiger partial charge in [-0.15, -0.1) is 0 Å². The minimum Gasteiger partial charge on any atom is -0.366 e. The number of hydrogen-bond donors (Lipinski definition) is 3. The Morgan fingerprint density at radius 1 is 1.04 bits per heavy atom. The van der Waals surface area contributed by atoms with Gasteiger partial charge < -0.3 is 16.4 Å². The highest BCUT2D eigenvalue weighted by atomic mass is 16.2. The van der Waals surface area contributed by atoms with Crippen LogP contribution >= 0.6 is 0 Å². The highest BCUT2D eigenvalue weighted by Gasteiger charge is 2.09. The number of para-hydroxylation sites is 1. The molecule has 0 bridgehead atoms. The van der Waals surface area contributed by atoms with Crippen LogP contribution in [-0.2, 0) is 22.6 Å². The highest BCUT2D eigenvalue weighted by molar-refractivity contribution is 5.99. The van der Waals surface area contributed by atoms with Crippen molar-refractivity contribution in [1.82, 2.24) is 5.32 Å². The molecule has 6 nitrogen and oxygen atoms in total. The zero-order chi connectivity index (χ0) is 18.2. The summed E-state index contributed by atoms with van der Waals surface area (Å²) in [6.45, 7) is 3.74. The molecule has 0 aliphatic heterocycles. The van der Waals surface area contributed by atoms with E-state index in [1.165, 1.54) is 6.08 Å². The van der Waals surface area contributed by atoms with Crippen molar-refractivity contribution < 1.29 is 14.4 Å². The number of amides is 3. The standard InChI is InChI=1S/C19H19N3O3/c1-2-17(23)22-16-6-4-3-5-15(16)11-18(24)21-12-13-7-9-14(10-8-13)19(20)25/h2-10H,1,11-12H2,(H2,20,25)(H,21,24)(H,22,23). The largest absolute Gasteiger partial charge is 0.366 e. The van der Waals surface area contributed by atoms with E-state index < -0.39 is 5.91 Å². The highest BCUT2D eigenvalue weighted by Crippen LogP contribution is 2.15. The van der Waals surface area contributed by atoms with Crippen LogP contribution in [0.25, 0.3) is 0 Å². The quantitative estimate of drug-likeness (QED) is 0.671. The molecule has 2 rings (SSSR count). The Bertz CT molecular complexity index is 798. The fourth-order valence-corrected chi connectivity index (χ4v) is 2.20. The van der Waals surface area contributed by atoms with Crippen molar-refractivity contribution in [1.29, 1.82) is 0 Å². The molecule has 0 saturated heterocycles. The van der Waals surface area contributed by atoms with E-state index in [1.54, 1.807) is 48.5 Å². The van der Waals surface area contributed by atoms with Gasteiger partial charge in [0.1, 0.15) is 0 Å². The maximum atomic E-state index is 12.2. The van der Waals surface area contributed by atoms with Crippen LogP contribution in [0.15, 0.2) is 61.2 Å². The molecule has 0 spiro atoms. The number of nitrogens with one attached hydrogen (secondary N) is 2. The lowest BCUT2D eigenvalue weighted by atomic mass is 10.1. The van der Waals surface area contributed by atoms with Gasteiger partial charge >= 0.3 is 0 Å². The molecule has 25 heavy (non-hydrogen) atoms. The lowest BCUT2D eigenvalue weighted by molar-refractivity contribution is -0.120. The van der Waals surface area contributed by atoms with Gasteiger partial charge in [-0.3, -0.25) is 14.4 Å². The molecule has 0 unspecified atom stereocenters. The molecule has 0 fully saturated rings. The Labute approximate surface area is 145 Å². The second-order valence-corrected chi connectivity index (χ2v) is 5.37. The van der Waals surface area contributed by atoms with Crippen molar-refractivity contribution in [3.63, 3.8) is 0 Å². The monoisotopic (exact) mass is 337 g/mol. The Morgan fingerprint density at radius 2 is 1.72 bits per heavy atom. The van der Waals surface area contributed by atoms with Crippen LogP contribution in [0.1, 0.15) is 21.5 Å². The van der Waals surface area contributed by atoms with Crippen molar-refractivity contribution in [3.05, 3.63) is 77.9 Å². The summed E-state index contributed by atoms with van der Waals surface area (Å²) < 4.78 is 0. The number of benzene rings is 2. The normalized spacial score (nSPS) is 9.92. The lowest BCUT2D eigenvalue weighted by Crippen LogP contribution is -2.25. The number of carbonyl (C=O) groups is 3. The number of hydrogen-bond acceptors (Lipinski definition) is 3. The molecule has 0 radical (unpaired) electrons. The van der Waals surface area contributed by atoms with Crippen LogP contribution < -0.4 is 16.4 Å². The summed E-state index contributed by atoms with van der Waals surface area (Å²) in [6.07, 6.45) is 1.31. The van der Waals surface area contributed by atoms with E-state index in [0.717, 1.165) is 5.56 Å². The summed E-state index contributed by atoms with van der Waals surface area (Å²) in [5, 5.41) is 5.48. The van der Waals surface area contributed by atoms with Gasteiger partial charge in [-0.25, -0.2) is 0 Å². The van der Waals surface area contributed by atoms with Gasteiger partial charge in [0.15, 0.2) is 0 Å². The van der Waals surface area contributed by atoms with Crippen LogP contribution in [0.4, 0.5) is 5.69 Å². The topological polar surface area (TPSA) is 101 Å². The van der Waals surface area contributed by atoms with Gasteiger partial charge in [0.05, 0.1) is 6.42 Å². The predicted molar refractivity (Wildman–Crippen MR) is 95.8 cm³/mol. The Morgan fingerprint density at radius 3 is 2.36 bits per heavy atom. The van der Waals surface area contributed by atoms with Gasteiger partial charge in [0.2, 0.25) is 17.7 Å². The molecule has 6 heteroatoms. The molecule has 0 atom stereocenters. The second-order valence-electron chi connectivity index (χ2n) is 5.37. The molecule has 0 aliphatic carbocycles. The summed E-state index contributed by atoms with van der Waals surface area (Å²) in [6, 6.07) is 13.8. The zero-order valence-electron chi connectivity index (χ0n) is 13.6. The fourth-order valence-electron chi connectivity index (χ4n) is 2.20. The average Bonchev–Trinajstić information content (AvgIpc) is 2.61. The van der Waals surface area contributed by atoms with E-state index in [4.69, 9.17) is 5.73 Å². The van der Waals surface area contributed by atoms with Crippen LogP contribution in [-0.4, -0.2) is 17.7 Å². The van der Waals surface area contributed by atoms with Crippen LogP contribution in [0.3, 0.4) is 0 Å². The summed E-state index contributed by atoms with van der Waals surface area (Å²) in [4.78, 5) is 34.6. The van der Waals surface area contributed by atoms with Crippen LogP contribution in [0.5, 0.6) is 0 Å². The predicted octanol–water partition coefficient (Wildman–Crippen LogP) is 1.77. The maximum Gasteiger partial charge on any atom is 0.248 e. The van der Waals surface area contributed by atoms with Gasteiger partial charge in [-0.2, -0.15) is 0 Å². The second kappa shape index (κ2) is 8.44. The molecule has 2 aromatic rings. The van der Waals surface area contributed by atoms with Crippen molar-refractivity contribution in [3.8, 4) is 0 Å². The van der Waals surface area contributed by atoms with E-state index in [0.29, 0.717) is 23.4 Å². The van der Waals surface area contributed by atoms with Gasteiger partial charge in [-0.1, -0.05) is 36.9 Å². The zero-order valence-corrected chi connectivity index (χ0v) is 13.6. The fraction of sp³-hybridized carbons (Fsp3) is 0.105. The number of nitrogens with two attached hydrogens (primary N) is 1. The van der Waals surface area contributed by atoms with Crippen molar-refractivity contribution in [2.75, 3.05) is 5.32 Å². The summed E-state index contributed by atoms with van der Waals surface area (Å²) >= 11 is 0. The number of anilines is 1. The van der Waals surface area contributed by atoms with Crippen molar-refractivity contribution >= 4 is 23.4 Å². The summed E-state index contributed by atoms with van der Waals surface area (Å²) in [5.41, 5.74) is 7.74. The van der Waals surface area contributed by atoms with Crippen molar-refractivity contribution in [2.45, 2.75) is 13.0 Å². The van der Waals surface area contributed by atoms with E-state index in [2.05, 4.69) is 17.2 Å². The first-order valence-electron chi connectivity index (χ1n) is 7.66. The smallest absolute Gasteiger partial charge is 0.248 e. The molecule has 128 valence electrons. The van der Waals surface area contributed by atoms with Gasteiger partial charge in [0, 0.05) is 17.8 Å². The first-order chi connectivity index (χ1) is 12.0. The lowest BCUT2D eigenvalue weighted by Gasteiger charge is -2.10. The number of rotatable bonds is 7. The molecule has 0 aromatic heterocycles. The first-order valence-corrected chi connectivity index (χ1v) is 7.66. The molecule has 4 N–H and O–H groups in total. The molecule has 3 amide bonds. The third-order valence-electron chi connectivity index (χ3n) is 3.54. The minimum atomic E-state index is -0.492. The first kappa shape index (κ1) is 17.9. The van der Waals surface area contributed by atoms with E-state index in [-0.39, 0.29) is 18.2 Å². The average molecular weight is 337 g/mol. The van der Waals surface area contributed by atoms with E-state index >= 15 is 0 Å². The number of primary amides is 1. The summed E-state index contributed by atoms with van der Waals surface area (Å²) in [7, 11) is 0. The Kier molecular flexibility index (Phi) is 6.06. The third kappa shape index (κ3) is 5.31. The van der Waals surface area contributed by atoms with Crippen LogP contribution in [0.2, 0.25) is 0 Å².